The van der Waals surface area contributed by atoms with Crippen LogP contribution in [0.15, 0.2) is 29.2 Å². The third kappa shape index (κ3) is 2.91. The topological polar surface area (TPSA) is 76.4 Å². The number of aromatic nitrogens is 3. The second kappa shape index (κ2) is 5.89. The molecule has 0 atom stereocenters. The SMILES string of the molecule is Cc1cc(C)n2nc(C)c(-c3ccc(C)c(S(=O)(=O)NC4CC4)c3)c2n1. The fourth-order valence-corrected chi connectivity index (χ4v) is 4.87. The van der Waals surface area contributed by atoms with Gasteiger partial charge >= 0.3 is 0 Å². The van der Waals surface area contributed by atoms with Crippen LogP contribution in [0.1, 0.15) is 35.5 Å². The van der Waals surface area contributed by atoms with Crippen molar-refractivity contribution in [3.05, 3.63) is 46.9 Å². The van der Waals surface area contributed by atoms with Crippen LogP contribution in [0.2, 0.25) is 0 Å². The summed E-state index contributed by atoms with van der Waals surface area (Å²) in [6.07, 6.45) is 1.82. The number of hydrogen-bond acceptors (Lipinski definition) is 4. The van der Waals surface area contributed by atoms with Crippen LogP contribution in [0.4, 0.5) is 0 Å². The lowest BCUT2D eigenvalue weighted by atomic mass is 10.0. The number of hydrogen-bond donors (Lipinski definition) is 1. The monoisotopic (exact) mass is 370 g/mol. The Morgan fingerprint density at radius 2 is 1.85 bits per heavy atom. The zero-order valence-electron chi connectivity index (χ0n) is 15.4. The van der Waals surface area contributed by atoms with Crippen molar-refractivity contribution in [3.8, 4) is 11.1 Å². The summed E-state index contributed by atoms with van der Waals surface area (Å²) < 4.78 is 30.0. The molecule has 0 saturated heterocycles. The molecule has 0 radical (unpaired) electrons. The van der Waals surface area contributed by atoms with E-state index >= 15 is 0 Å². The van der Waals surface area contributed by atoms with Crippen LogP contribution in [0, 0.1) is 27.7 Å². The molecule has 1 fully saturated rings. The minimum absolute atomic E-state index is 0.0775. The van der Waals surface area contributed by atoms with Crippen LogP contribution < -0.4 is 4.72 Å². The number of fused-ring (bicyclic) bond motifs is 1. The molecule has 26 heavy (non-hydrogen) atoms. The van der Waals surface area contributed by atoms with E-state index in [1.54, 1.807) is 6.07 Å². The summed E-state index contributed by atoms with van der Waals surface area (Å²) in [6.45, 7) is 7.68. The smallest absolute Gasteiger partial charge is 0.233 e. The predicted octanol–water partition coefficient (Wildman–Crippen LogP) is 3.07. The van der Waals surface area contributed by atoms with Crippen molar-refractivity contribution in [2.24, 2.45) is 0 Å². The molecule has 3 aromatic rings. The van der Waals surface area contributed by atoms with Gasteiger partial charge in [0.05, 0.1) is 10.6 Å². The molecule has 0 aliphatic heterocycles. The van der Waals surface area contributed by atoms with Gasteiger partial charge in [-0.3, -0.25) is 0 Å². The average molecular weight is 370 g/mol. The van der Waals surface area contributed by atoms with Crippen molar-refractivity contribution < 1.29 is 8.42 Å². The number of nitrogens with zero attached hydrogens (tertiary/aromatic N) is 3. The molecule has 1 N–H and O–H groups in total. The van der Waals surface area contributed by atoms with Gasteiger partial charge in [-0.05, 0) is 63.8 Å². The van der Waals surface area contributed by atoms with Crippen molar-refractivity contribution in [2.45, 2.75) is 51.5 Å². The molecule has 0 unspecified atom stereocenters. The summed E-state index contributed by atoms with van der Waals surface area (Å²) in [5, 5.41) is 4.59. The second-order valence-corrected chi connectivity index (χ2v) is 8.79. The summed E-state index contributed by atoms with van der Waals surface area (Å²) in [6, 6.07) is 7.59. The van der Waals surface area contributed by atoms with Gasteiger partial charge in [0.25, 0.3) is 0 Å². The molecular weight excluding hydrogens is 348 g/mol. The lowest BCUT2D eigenvalue weighted by Crippen LogP contribution is -2.26. The molecule has 4 rings (SSSR count). The maximum atomic E-state index is 12.7. The molecular formula is C19H22N4O2S. The molecule has 2 heterocycles. The van der Waals surface area contributed by atoms with E-state index in [-0.39, 0.29) is 6.04 Å². The first-order valence-corrected chi connectivity index (χ1v) is 10.2. The van der Waals surface area contributed by atoms with Gasteiger partial charge in [0, 0.05) is 23.0 Å². The standard InChI is InChI=1S/C19H22N4O2S/c1-11-5-6-15(10-17(11)26(24,25)22-16-7-8-16)18-14(4)21-23-13(3)9-12(2)20-19(18)23/h5-6,9-10,16,22H,7-8H2,1-4H3. The predicted molar refractivity (Wildman–Crippen MR) is 101 cm³/mol. The maximum Gasteiger partial charge on any atom is 0.241 e. The van der Waals surface area contributed by atoms with Gasteiger partial charge in [-0.2, -0.15) is 5.10 Å². The zero-order valence-corrected chi connectivity index (χ0v) is 16.2. The molecule has 1 aliphatic carbocycles. The van der Waals surface area contributed by atoms with Crippen LogP contribution >= 0.6 is 0 Å². The summed E-state index contributed by atoms with van der Waals surface area (Å²) in [5.41, 5.74) is 5.91. The van der Waals surface area contributed by atoms with Crippen LogP contribution in [0.5, 0.6) is 0 Å². The van der Waals surface area contributed by atoms with E-state index in [1.165, 1.54) is 0 Å². The number of rotatable bonds is 4. The summed E-state index contributed by atoms with van der Waals surface area (Å²) in [7, 11) is -3.52. The summed E-state index contributed by atoms with van der Waals surface area (Å²) in [5.74, 6) is 0. The van der Waals surface area contributed by atoms with E-state index < -0.39 is 10.0 Å². The van der Waals surface area contributed by atoms with Crippen molar-refractivity contribution in [1.82, 2.24) is 19.3 Å². The summed E-state index contributed by atoms with van der Waals surface area (Å²) >= 11 is 0. The Morgan fingerprint density at radius 1 is 1.12 bits per heavy atom. The highest BCUT2D eigenvalue weighted by Gasteiger charge is 2.29. The Bertz CT molecular complexity index is 1130. The summed E-state index contributed by atoms with van der Waals surface area (Å²) in [4.78, 5) is 4.97. The highest BCUT2D eigenvalue weighted by atomic mass is 32.2. The number of aryl methyl sites for hydroxylation is 4. The Morgan fingerprint density at radius 3 is 2.54 bits per heavy atom. The first-order chi connectivity index (χ1) is 12.3. The molecule has 0 amide bonds. The van der Waals surface area contributed by atoms with Crippen molar-refractivity contribution in [2.75, 3.05) is 0 Å². The quantitative estimate of drug-likeness (QED) is 0.766. The first-order valence-electron chi connectivity index (χ1n) is 8.73. The van der Waals surface area contributed by atoms with Crippen molar-refractivity contribution in [1.29, 1.82) is 0 Å². The first kappa shape index (κ1) is 17.2. The van der Waals surface area contributed by atoms with E-state index in [0.717, 1.165) is 52.3 Å². The van der Waals surface area contributed by atoms with Crippen LogP contribution in [0.3, 0.4) is 0 Å². The molecule has 136 valence electrons. The third-order valence-corrected chi connectivity index (χ3v) is 6.40. The lowest BCUT2D eigenvalue weighted by molar-refractivity contribution is 0.580. The number of benzene rings is 1. The van der Waals surface area contributed by atoms with Gasteiger partial charge in [-0.1, -0.05) is 12.1 Å². The van der Waals surface area contributed by atoms with Gasteiger partial charge in [0.2, 0.25) is 10.0 Å². The third-order valence-electron chi connectivity index (χ3n) is 4.74. The van der Waals surface area contributed by atoms with Crippen molar-refractivity contribution >= 4 is 15.7 Å². The molecule has 0 spiro atoms. The van der Waals surface area contributed by atoms with E-state index in [4.69, 9.17) is 0 Å². The molecule has 1 aliphatic rings. The Kier molecular flexibility index (Phi) is 3.89. The van der Waals surface area contributed by atoms with Gasteiger partial charge in [0.1, 0.15) is 0 Å². The van der Waals surface area contributed by atoms with Gasteiger partial charge in [-0.15, -0.1) is 0 Å². The average Bonchev–Trinajstić information content (AvgIpc) is 3.28. The normalized spacial score (nSPS) is 14.9. The molecule has 7 heteroatoms. The maximum absolute atomic E-state index is 12.7. The van der Waals surface area contributed by atoms with E-state index in [9.17, 15) is 8.42 Å². The minimum Gasteiger partial charge on any atom is -0.233 e. The van der Waals surface area contributed by atoms with Crippen LogP contribution in [0.25, 0.3) is 16.8 Å². The van der Waals surface area contributed by atoms with E-state index in [0.29, 0.717) is 4.90 Å². The molecule has 1 saturated carbocycles. The van der Waals surface area contributed by atoms with E-state index in [2.05, 4.69) is 14.8 Å². The number of nitrogens with one attached hydrogen (secondary N) is 1. The molecule has 0 bridgehead atoms. The lowest BCUT2D eigenvalue weighted by Gasteiger charge is -2.11. The largest absolute Gasteiger partial charge is 0.241 e. The minimum atomic E-state index is -3.52. The van der Waals surface area contributed by atoms with Crippen molar-refractivity contribution in [3.63, 3.8) is 0 Å². The fourth-order valence-electron chi connectivity index (χ4n) is 3.29. The van der Waals surface area contributed by atoms with Crippen LogP contribution in [-0.4, -0.2) is 29.1 Å². The van der Waals surface area contributed by atoms with Gasteiger partial charge in [-0.25, -0.2) is 22.6 Å². The van der Waals surface area contributed by atoms with Gasteiger partial charge < -0.3 is 0 Å². The Labute approximate surface area is 153 Å². The fraction of sp³-hybridized carbons (Fsp3) is 0.368. The Hall–Kier alpha value is -2.25. The highest BCUT2D eigenvalue weighted by Crippen LogP contribution is 2.31. The zero-order chi connectivity index (χ0) is 18.6. The van der Waals surface area contributed by atoms with Crippen LogP contribution in [-0.2, 0) is 10.0 Å². The van der Waals surface area contributed by atoms with Gasteiger partial charge in [0.15, 0.2) is 5.65 Å². The number of sulfonamides is 1. The molecule has 1 aromatic carbocycles. The molecule has 6 nitrogen and oxygen atoms in total. The molecule has 2 aromatic heterocycles. The second-order valence-electron chi connectivity index (χ2n) is 7.11. The highest BCUT2D eigenvalue weighted by molar-refractivity contribution is 7.89. The Balaban J connectivity index is 1.91. The van der Waals surface area contributed by atoms with E-state index in [1.807, 2.05) is 50.4 Å².